The molecule has 5 heteroatoms. The summed E-state index contributed by atoms with van der Waals surface area (Å²) in [5, 5.41) is 3.44. The largest absolute Gasteiger partial charge is 0.489 e. The van der Waals surface area contributed by atoms with E-state index in [4.69, 9.17) is 4.74 Å². The Morgan fingerprint density at radius 3 is 3.09 bits per heavy atom. The molecule has 0 atom stereocenters. The lowest BCUT2D eigenvalue weighted by atomic mass is 10.1. The molecule has 1 saturated heterocycles. The summed E-state index contributed by atoms with van der Waals surface area (Å²) in [4.78, 5) is 13.5. The van der Waals surface area contributed by atoms with Crippen molar-refractivity contribution in [3.05, 3.63) is 33.8 Å². The zero-order chi connectivity index (χ0) is 15.4. The maximum atomic E-state index is 11.5. The smallest absolute Gasteiger partial charge is 0.222 e. The second-order valence-corrected chi connectivity index (χ2v) is 6.70. The monoisotopic (exact) mass is 364 g/mol. The van der Waals surface area contributed by atoms with Gasteiger partial charge in [0.1, 0.15) is 12.4 Å². The summed E-state index contributed by atoms with van der Waals surface area (Å²) in [6, 6.07) is 6.07. The minimum absolute atomic E-state index is 0.311. The molecule has 2 aliphatic heterocycles. The van der Waals surface area contributed by atoms with Crippen LogP contribution in [0.1, 0.15) is 24.8 Å². The van der Waals surface area contributed by atoms with Gasteiger partial charge in [-0.2, -0.15) is 0 Å². The molecule has 1 aromatic rings. The van der Waals surface area contributed by atoms with E-state index < -0.39 is 0 Å². The van der Waals surface area contributed by atoms with Gasteiger partial charge in [-0.1, -0.05) is 15.9 Å². The molecule has 0 saturated carbocycles. The molecule has 0 bridgehead atoms. The van der Waals surface area contributed by atoms with E-state index in [2.05, 4.69) is 33.4 Å². The van der Waals surface area contributed by atoms with Gasteiger partial charge >= 0.3 is 0 Å². The standard InChI is InChI=1S/C17H21BrN2O2/c18-15-4-5-16-14(10-15)9-13(12-22-16)11-19-6-2-8-20-7-1-3-17(20)21/h4-5,9-10,19H,1-3,6-8,11-12H2. The van der Waals surface area contributed by atoms with Crippen LogP contribution >= 0.6 is 15.9 Å². The Labute approximate surface area is 139 Å². The predicted octanol–water partition coefficient (Wildman–Crippen LogP) is 2.83. The topological polar surface area (TPSA) is 41.6 Å². The maximum absolute atomic E-state index is 11.5. The summed E-state index contributed by atoms with van der Waals surface area (Å²) in [5.74, 6) is 1.25. The van der Waals surface area contributed by atoms with Crippen LogP contribution in [0.5, 0.6) is 5.75 Å². The average molecular weight is 365 g/mol. The van der Waals surface area contributed by atoms with Crippen LogP contribution in [0, 0.1) is 0 Å². The van der Waals surface area contributed by atoms with E-state index in [1.54, 1.807) is 0 Å². The van der Waals surface area contributed by atoms with Gasteiger partial charge in [0.2, 0.25) is 5.91 Å². The lowest BCUT2D eigenvalue weighted by molar-refractivity contribution is -0.127. The number of benzene rings is 1. The molecule has 0 aromatic heterocycles. The van der Waals surface area contributed by atoms with Gasteiger partial charge in [0.15, 0.2) is 0 Å². The van der Waals surface area contributed by atoms with Crippen LogP contribution in [0.25, 0.3) is 6.08 Å². The van der Waals surface area contributed by atoms with Crippen LogP contribution in [-0.4, -0.2) is 43.6 Å². The first-order chi connectivity index (χ1) is 10.7. The highest BCUT2D eigenvalue weighted by molar-refractivity contribution is 9.10. The van der Waals surface area contributed by atoms with E-state index in [-0.39, 0.29) is 0 Å². The van der Waals surface area contributed by atoms with Crippen molar-refractivity contribution >= 4 is 27.9 Å². The number of nitrogens with one attached hydrogen (secondary N) is 1. The number of fused-ring (bicyclic) bond motifs is 1. The zero-order valence-corrected chi connectivity index (χ0v) is 14.2. The molecule has 4 nitrogen and oxygen atoms in total. The van der Waals surface area contributed by atoms with Gasteiger partial charge in [-0.15, -0.1) is 0 Å². The van der Waals surface area contributed by atoms with E-state index in [1.165, 1.54) is 5.57 Å². The normalized spacial score (nSPS) is 17.2. The molecule has 118 valence electrons. The predicted molar refractivity (Wildman–Crippen MR) is 90.9 cm³/mol. The molecule has 1 aromatic carbocycles. The summed E-state index contributed by atoms with van der Waals surface area (Å²) in [5.41, 5.74) is 2.38. The van der Waals surface area contributed by atoms with Gasteiger partial charge in [0.05, 0.1) is 0 Å². The Morgan fingerprint density at radius 2 is 2.27 bits per heavy atom. The van der Waals surface area contributed by atoms with E-state index in [0.717, 1.165) is 61.2 Å². The number of carbonyl (C=O) groups excluding carboxylic acids is 1. The fourth-order valence-corrected chi connectivity index (χ4v) is 3.26. The molecule has 1 fully saturated rings. The van der Waals surface area contributed by atoms with Crippen LogP contribution in [-0.2, 0) is 4.79 Å². The highest BCUT2D eigenvalue weighted by Gasteiger charge is 2.18. The van der Waals surface area contributed by atoms with Crippen molar-refractivity contribution in [3.8, 4) is 5.75 Å². The first kappa shape index (κ1) is 15.6. The Bertz CT molecular complexity index is 586. The van der Waals surface area contributed by atoms with Gasteiger partial charge in [-0.25, -0.2) is 0 Å². The molecular weight excluding hydrogens is 344 g/mol. The molecule has 2 heterocycles. The maximum Gasteiger partial charge on any atom is 0.222 e. The first-order valence-corrected chi connectivity index (χ1v) is 8.62. The van der Waals surface area contributed by atoms with Crippen molar-refractivity contribution in [1.82, 2.24) is 10.2 Å². The Kier molecular flexibility index (Phi) is 5.16. The quantitative estimate of drug-likeness (QED) is 0.789. The summed E-state index contributed by atoms with van der Waals surface area (Å²) in [7, 11) is 0. The summed E-state index contributed by atoms with van der Waals surface area (Å²) in [6.07, 6.45) is 4.95. The number of carbonyl (C=O) groups is 1. The van der Waals surface area contributed by atoms with Crippen LogP contribution in [0.2, 0.25) is 0 Å². The third-order valence-corrected chi connectivity index (χ3v) is 4.54. The van der Waals surface area contributed by atoms with Crippen LogP contribution in [0.15, 0.2) is 28.2 Å². The van der Waals surface area contributed by atoms with Gasteiger partial charge in [0.25, 0.3) is 0 Å². The summed E-state index contributed by atoms with van der Waals surface area (Å²) < 4.78 is 6.83. The molecule has 2 aliphatic rings. The number of likely N-dealkylation sites (tertiary alicyclic amines) is 1. The molecular formula is C17H21BrN2O2. The number of hydrogen-bond acceptors (Lipinski definition) is 3. The molecule has 3 rings (SSSR count). The van der Waals surface area contributed by atoms with E-state index in [1.807, 2.05) is 17.0 Å². The Morgan fingerprint density at radius 1 is 1.36 bits per heavy atom. The molecule has 1 amide bonds. The van der Waals surface area contributed by atoms with Crippen molar-refractivity contribution in [2.24, 2.45) is 0 Å². The molecule has 0 unspecified atom stereocenters. The average Bonchev–Trinajstić information content (AvgIpc) is 2.92. The minimum Gasteiger partial charge on any atom is -0.489 e. The number of amides is 1. The second kappa shape index (κ2) is 7.29. The fraction of sp³-hybridized carbons (Fsp3) is 0.471. The van der Waals surface area contributed by atoms with Crippen molar-refractivity contribution in [2.75, 3.05) is 32.8 Å². The van der Waals surface area contributed by atoms with Gasteiger partial charge < -0.3 is 15.0 Å². The third-order valence-electron chi connectivity index (χ3n) is 4.05. The zero-order valence-electron chi connectivity index (χ0n) is 12.6. The number of ether oxygens (including phenoxy) is 1. The molecule has 0 aliphatic carbocycles. The third kappa shape index (κ3) is 3.90. The summed E-state index contributed by atoms with van der Waals surface area (Å²) >= 11 is 3.49. The second-order valence-electron chi connectivity index (χ2n) is 5.79. The highest BCUT2D eigenvalue weighted by atomic mass is 79.9. The first-order valence-electron chi connectivity index (χ1n) is 7.83. The number of halogens is 1. The fourth-order valence-electron chi connectivity index (χ4n) is 2.88. The van der Waals surface area contributed by atoms with Crippen molar-refractivity contribution in [1.29, 1.82) is 0 Å². The van der Waals surface area contributed by atoms with E-state index in [9.17, 15) is 4.79 Å². The lowest BCUT2D eigenvalue weighted by Gasteiger charge is -2.19. The minimum atomic E-state index is 0.311. The molecule has 1 N–H and O–H groups in total. The molecule has 0 radical (unpaired) electrons. The van der Waals surface area contributed by atoms with Crippen molar-refractivity contribution < 1.29 is 9.53 Å². The van der Waals surface area contributed by atoms with Gasteiger partial charge in [-0.3, -0.25) is 4.79 Å². The number of hydrogen-bond donors (Lipinski definition) is 1. The van der Waals surface area contributed by atoms with E-state index in [0.29, 0.717) is 12.5 Å². The van der Waals surface area contributed by atoms with Crippen LogP contribution in [0.3, 0.4) is 0 Å². The molecule has 22 heavy (non-hydrogen) atoms. The number of nitrogens with zero attached hydrogens (tertiary/aromatic N) is 1. The van der Waals surface area contributed by atoms with Crippen molar-refractivity contribution in [3.63, 3.8) is 0 Å². The van der Waals surface area contributed by atoms with Crippen LogP contribution < -0.4 is 10.1 Å². The summed E-state index contributed by atoms with van der Waals surface area (Å²) in [6.45, 7) is 4.21. The van der Waals surface area contributed by atoms with Gasteiger partial charge in [-0.05, 0) is 49.2 Å². The lowest BCUT2D eigenvalue weighted by Crippen LogP contribution is -2.29. The van der Waals surface area contributed by atoms with Crippen LogP contribution in [0.4, 0.5) is 0 Å². The van der Waals surface area contributed by atoms with Gasteiger partial charge in [0, 0.05) is 36.1 Å². The van der Waals surface area contributed by atoms with Crippen molar-refractivity contribution in [2.45, 2.75) is 19.3 Å². The SMILES string of the molecule is O=C1CCCN1CCCNCC1=Cc2cc(Br)ccc2OC1. The highest BCUT2D eigenvalue weighted by Crippen LogP contribution is 2.28. The molecule has 0 spiro atoms. The van der Waals surface area contributed by atoms with E-state index >= 15 is 0 Å². The Balaban J connectivity index is 1.41. The number of rotatable bonds is 6. The Hall–Kier alpha value is -1.33.